The van der Waals surface area contributed by atoms with E-state index < -0.39 is 0 Å². The molecule has 2 fully saturated rings. The lowest BCUT2D eigenvalue weighted by molar-refractivity contribution is -0.131. The lowest BCUT2D eigenvalue weighted by atomic mass is 10.2. The molecule has 2 aliphatic heterocycles. The van der Waals surface area contributed by atoms with Crippen molar-refractivity contribution < 1.29 is 4.79 Å². The number of carbonyl (C=O) groups excluding carboxylic acids is 1. The van der Waals surface area contributed by atoms with E-state index in [0.717, 1.165) is 13.1 Å². The minimum atomic E-state index is 0.246. The number of carbonyl (C=O) groups is 1. The number of likely N-dealkylation sites (tertiary alicyclic amines) is 2. The average Bonchev–Trinajstić information content (AvgIpc) is 2.60. The summed E-state index contributed by atoms with van der Waals surface area (Å²) in [5.41, 5.74) is 0. The van der Waals surface area contributed by atoms with Crippen molar-refractivity contribution in [3.05, 3.63) is 0 Å². The molecule has 2 atom stereocenters. The maximum Gasteiger partial charge on any atom is 0.219 e. The van der Waals surface area contributed by atoms with Crippen molar-refractivity contribution in [2.45, 2.75) is 45.3 Å². The van der Waals surface area contributed by atoms with Crippen LogP contribution in [0.25, 0.3) is 0 Å². The second kappa shape index (κ2) is 2.98. The van der Waals surface area contributed by atoms with Crippen molar-refractivity contribution in [1.82, 2.24) is 9.80 Å². The third-order valence-electron chi connectivity index (χ3n) is 3.35. The van der Waals surface area contributed by atoms with Crippen LogP contribution in [0.5, 0.6) is 0 Å². The summed E-state index contributed by atoms with van der Waals surface area (Å²) in [7, 11) is 0. The zero-order valence-electron chi connectivity index (χ0n) is 8.66. The molecule has 0 aliphatic carbocycles. The Morgan fingerprint density at radius 3 is 2.38 bits per heavy atom. The van der Waals surface area contributed by atoms with Gasteiger partial charge in [-0.15, -0.1) is 0 Å². The van der Waals surface area contributed by atoms with Crippen LogP contribution in [0.2, 0.25) is 0 Å². The topological polar surface area (TPSA) is 23.6 Å². The Labute approximate surface area is 79.7 Å². The normalized spacial score (nSPS) is 33.4. The van der Waals surface area contributed by atoms with E-state index in [1.807, 2.05) is 4.90 Å². The van der Waals surface area contributed by atoms with Crippen LogP contribution in [-0.2, 0) is 4.79 Å². The second-order valence-corrected chi connectivity index (χ2v) is 4.51. The second-order valence-electron chi connectivity index (χ2n) is 4.51. The van der Waals surface area contributed by atoms with E-state index >= 15 is 0 Å². The highest BCUT2D eigenvalue weighted by Crippen LogP contribution is 2.31. The Bertz CT molecular complexity index is 227. The third-order valence-corrected chi connectivity index (χ3v) is 3.35. The molecule has 2 aliphatic rings. The van der Waals surface area contributed by atoms with Crippen molar-refractivity contribution >= 4 is 5.91 Å². The lowest BCUT2D eigenvalue weighted by Gasteiger charge is -2.35. The highest BCUT2D eigenvalue weighted by atomic mass is 16.2. The zero-order chi connectivity index (χ0) is 9.59. The minimum Gasteiger partial charge on any atom is -0.337 e. The van der Waals surface area contributed by atoms with Gasteiger partial charge in [0.05, 0.1) is 0 Å². The smallest absolute Gasteiger partial charge is 0.219 e. The molecule has 0 spiro atoms. The highest BCUT2D eigenvalue weighted by molar-refractivity contribution is 5.74. The standard InChI is InChI=1S/C10H18N2O/c1-7(2)11-5-10-4-9(11)6-12(10)8(3)13/h7,9-10H,4-6H2,1-3H3. The van der Waals surface area contributed by atoms with Crippen molar-refractivity contribution in [2.75, 3.05) is 13.1 Å². The van der Waals surface area contributed by atoms with E-state index in [-0.39, 0.29) is 5.91 Å². The van der Waals surface area contributed by atoms with Gasteiger partial charge in [-0.25, -0.2) is 0 Å². The molecular formula is C10H18N2O. The lowest BCUT2D eigenvalue weighted by Crippen LogP contribution is -2.50. The molecule has 0 aromatic carbocycles. The number of hydrogen-bond donors (Lipinski definition) is 0. The van der Waals surface area contributed by atoms with Crippen molar-refractivity contribution in [3.63, 3.8) is 0 Å². The van der Waals surface area contributed by atoms with Crippen LogP contribution in [0.4, 0.5) is 0 Å². The molecule has 2 unspecified atom stereocenters. The average molecular weight is 182 g/mol. The predicted molar refractivity (Wildman–Crippen MR) is 51.4 cm³/mol. The summed E-state index contributed by atoms with van der Waals surface area (Å²) >= 11 is 0. The van der Waals surface area contributed by atoms with Crippen LogP contribution in [0.15, 0.2) is 0 Å². The summed E-state index contributed by atoms with van der Waals surface area (Å²) < 4.78 is 0. The summed E-state index contributed by atoms with van der Waals surface area (Å²) in [6.07, 6.45) is 1.19. The predicted octanol–water partition coefficient (Wildman–Crippen LogP) is 0.700. The quantitative estimate of drug-likeness (QED) is 0.596. The fourth-order valence-electron chi connectivity index (χ4n) is 2.72. The molecule has 74 valence electrons. The largest absolute Gasteiger partial charge is 0.337 e. The number of piperazine rings is 1. The first-order valence-corrected chi connectivity index (χ1v) is 5.12. The molecule has 13 heavy (non-hydrogen) atoms. The minimum absolute atomic E-state index is 0.246. The van der Waals surface area contributed by atoms with Crippen molar-refractivity contribution in [2.24, 2.45) is 0 Å². The molecule has 0 radical (unpaired) electrons. The molecule has 2 bridgehead atoms. The first-order valence-electron chi connectivity index (χ1n) is 5.12. The third kappa shape index (κ3) is 1.35. The van der Waals surface area contributed by atoms with Crippen molar-refractivity contribution in [3.8, 4) is 0 Å². The van der Waals surface area contributed by atoms with E-state index in [4.69, 9.17) is 0 Å². The van der Waals surface area contributed by atoms with Crippen LogP contribution in [0.1, 0.15) is 27.2 Å². The Kier molecular flexibility index (Phi) is 2.06. The molecule has 0 aromatic rings. The Morgan fingerprint density at radius 1 is 1.31 bits per heavy atom. The van der Waals surface area contributed by atoms with Gasteiger partial charge < -0.3 is 4.90 Å². The van der Waals surface area contributed by atoms with E-state index in [1.54, 1.807) is 6.92 Å². The summed E-state index contributed by atoms with van der Waals surface area (Å²) in [4.78, 5) is 15.8. The fourth-order valence-corrected chi connectivity index (χ4v) is 2.72. The van der Waals surface area contributed by atoms with E-state index in [9.17, 15) is 4.79 Å². The molecule has 0 N–H and O–H groups in total. The first-order chi connectivity index (χ1) is 6.09. The number of hydrogen-bond acceptors (Lipinski definition) is 2. The number of nitrogens with zero attached hydrogens (tertiary/aromatic N) is 2. The molecule has 3 heteroatoms. The molecule has 3 nitrogen and oxygen atoms in total. The maximum atomic E-state index is 11.2. The fraction of sp³-hybridized carbons (Fsp3) is 0.900. The number of rotatable bonds is 1. The molecule has 0 saturated carbocycles. The van der Waals surface area contributed by atoms with Crippen molar-refractivity contribution in [1.29, 1.82) is 0 Å². The SMILES string of the molecule is CC(=O)N1CC2CC1CN2C(C)C. The monoisotopic (exact) mass is 182 g/mol. The zero-order valence-corrected chi connectivity index (χ0v) is 8.66. The van der Waals surface area contributed by atoms with Gasteiger partial charge in [0.1, 0.15) is 0 Å². The highest BCUT2D eigenvalue weighted by Gasteiger charge is 2.44. The van der Waals surface area contributed by atoms with Crippen LogP contribution in [0, 0.1) is 0 Å². The van der Waals surface area contributed by atoms with Gasteiger partial charge in [-0.3, -0.25) is 9.69 Å². The molecule has 1 amide bonds. The summed E-state index contributed by atoms with van der Waals surface area (Å²) in [6.45, 7) is 8.19. The molecule has 2 saturated heterocycles. The van der Waals surface area contributed by atoms with Gasteiger partial charge in [0.15, 0.2) is 0 Å². The van der Waals surface area contributed by atoms with Crippen LogP contribution in [-0.4, -0.2) is 46.9 Å². The molecule has 2 heterocycles. The molecule has 2 rings (SSSR count). The Morgan fingerprint density at radius 2 is 2.00 bits per heavy atom. The Hall–Kier alpha value is -0.570. The van der Waals surface area contributed by atoms with Gasteiger partial charge in [-0.05, 0) is 20.3 Å². The summed E-state index contributed by atoms with van der Waals surface area (Å²) in [6, 6.07) is 1.77. The first kappa shape index (κ1) is 9.00. The van der Waals surface area contributed by atoms with Gasteiger partial charge in [-0.2, -0.15) is 0 Å². The molecular weight excluding hydrogens is 164 g/mol. The van der Waals surface area contributed by atoms with Gasteiger partial charge in [-0.1, -0.05) is 0 Å². The summed E-state index contributed by atoms with van der Waals surface area (Å²) in [5.74, 6) is 0.246. The van der Waals surface area contributed by atoms with Gasteiger partial charge in [0.2, 0.25) is 5.91 Å². The van der Waals surface area contributed by atoms with Crippen LogP contribution < -0.4 is 0 Å². The van der Waals surface area contributed by atoms with Gasteiger partial charge >= 0.3 is 0 Å². The number of fused-ring (bicyclic) bond motifs is 2. The molecule has 0 aromatic heterocycles. The van der Waals surface area contributed by atoms with E-state index in [2.05, 4.69) is 18.7 Å². The van der Waals surface area contributed by atoms with Crippen LogP contribution in [0.3, 0.4) is 0 Å². The Balaban J connectivity index is 2.03. The van der Waals surface area contributed by atoms with E-state index in [1.165, 1.54) is 6.42 Å². The number of amides is 1. The van der Waals surface area contributed by atoms with Gasteiger partial charge in [0, 0.05) is 38.1 Å². The maximum absolute atomic E-state index is 11.2. The van der Waals surface area contributed by atoms with Crippen LogP contribution >= 0.6 is 0 Å². The van der Waals surface area contributed by atoms with E-state index in [0.29, 0.717) is 18.1 Å². The summed E-state index contributed by atoms with van der Waals surface area (Å²) in [5, 5.41) is 0. The van der Waals surface area contributed by atoms with Gasteiger partial charge in [0.25, 0.3) is 0 Å².